The van der Waals surface area contributed by atoms with Crippen molar-refractivity contribution in [1.29, 1.82) is 0 Å². The third-order valence-corrected chi connectivity index (χ3v) is 1.42. The summed E-state index contributed by atoms with van der Waals surface area (Å²) >= 11 is 0. The highest BCUT2D eigenvalue weighted by Crippen LogP contribution is 2.17. The molecule has 0 saturated heterocycles. The summed E-state index contributed by atoms with van der Waals surface area (Å²) in [6, 6.07) is 0. The second-order valence-electron chi connectivity index (χ2n) is 2.72. The van der Waals surface area contributed by atoms with Crippen LogP contribution in [0.2, 0.25) is 0 Å². The number of ether oxygens (including phenoxy) is 1. The van der Waals surface area contributed by atoms with E-state index in [4.69, 9.17) is 0 Å². The second kappa shape index (κ2) is 5.62. The number of halogens is 3. The first-order chi connectivity index (χ1) is 6.38. The smallest absolute Gasteiger partial charge is 0.386 e. The molecule has 0 atom stereocenters. The summed E-state index contributed by atoms with van der Waals surface area (Å²) < 4.78 is 38.3. The summed E-state index contributed by atoms with van der Waals surface area (Å²) in [7, 11) is 0. The van der Waals surface area contributed by atoms with Crippen LogP contribution in [-0.2, 0) is 14.3 Å². The minimum absolute atomic E-state index is 0.157. The molecular formula is C8H11F3O3. The molecule has 0 aliphatic heterocycles. The summed E-state index contributed by atoms with van der Waals surface area (Å²) in [5.74, 6) is -3.57. The fourth-order valence-electron chi connectivity index (χ4n) is 0.732. The molecule has 0 amide bonds. The molecular weight excluding hydrogens is 201 g/mol. The molecule has 0 radical (unpaired) electrons. The third kappa shape index (κ3) is 5.55. The fourth-order valence-corrected chi connectivity index (χ4v) is 0.732. The van der Waals surface area contributed by atoms with E-state index in [0.29, 0.717) is 6.42 Å². The van der Waals surface area contributed by atoms with E-state index in [9.17, 15) is 22.8 Å². The van der Waals surface area contributed by atoms with Crippen LogP contribution in [0.15, 0.2) is 0 Å². The van der Waals surface area contributed by atoms with Crippen molar-refractivity contribution >= 4 is 11.9 Å². The number of unbranched alkanes of at least 4 members (excludes halogenated alkanes) is 2. The standard InChI is InChI=1S/C8H11F3O3/c1-2-3-4-5-6(12)14-7(13)8(9,10)11/h2-5H2,1H3. The van der Waals surface area contributed by atoms with Crippen molar-refractivity contribution in [2.45, 2.75) is 38.8 Å². The Labute approximate surface area is 79.2 Å². The van der Waals surface area contributed by atoms with Gasteiger partial charge in [0, 0.05) is 6.42 Å². The topological polar surface area (TPSA) is 43.4 Å². The average molecular weight is 212 g/mol. The van der Waals surface area contributed by atoms with Gasteiger partial charge in [0.1, 0.15) is 0 Å². The highest BCUT2D eigenvalue weighted by Gasteiger charge is 2.42. The van der Waals surface area contributed by atoms with E-state index in [2.05, 4.69) is 4.74 Å². The van der Waals surface area contributed by atoms with Gasteiger partial charge in [-0.1, -0.05) is 19.8 Å². The SMILES string of the molecule is CCCCCC(=O)OC(=O)C(F)(F)F. The predicted octanol–water partition coefficient (Wildman–Crippen LogP) is 2.20. The summed E-state index contributed by atoms with van der Waals surface area (Å²) in [5, 5.41) is 0. The van der Waals surface area contributed by atoms with Gasteiger partial charge < -0.3 is 4.74 Å². The summed E-state index contributed by atoms with van der Waals surface area (Å²) in [5.41, 5.74) is 0. The first-order valence-electron chi connectivity index (χ1n) is 4.19. The van der Waals surface area contributed by atoms with Crippen LogP contribution in [0.5, 0.6) is 0 Å². The summed E-state index contributed by atoms with van der Waals surface area (Å²) in [6.07, 6.45) is -3.27. The first kappa shape index (κ1) is 12.9. The number of carbonyl (C=O) groups excluding carboxylic acids is 2. The van der Waals surface area contributed by atoms with Gasteiger partial charge >= 0.3 is 18.1 Å². The molecule has 0 saturated carbocycles. The first-order valence-corrected chi connectivity index (χ1v) is 4.19. The average Bonchev–Trinajstić information content (AvgIpc) is 2.03. The van der Waals surface area contributed by atoms with Crippen LogP contribution < -0.4 is 0 Å². The highest BCUT2D eigenvalue weighted by atomic mass is 19.4. The molecule has 0 N–H and O–H groups in total. The Balaban J connectivity index is 3.78. The Bertz CT molecular complexity index is 210. The van der Waals surface area contributed by atoms with Crippen molar-refractivity contribution in [3.8, 4) is 0 Å². The molecule has 0 spiro atoms. The Morgan fingerprint density at radius 3 is 2.21 bits per heavy atom. The number of carbonyl (C=O) groups is 2. The Morgan fingerprint density at radius 2 is 1.79 bits per heavy atom. The number of hydrogen-bond acceptors (Lipinski definition) is 3. The van der Waals surface area contributed by atoms with E-state index < -0.39 is 18.1 Å². The molecule has 6 heteroatoms. The van der Waals surface area contributed by atoms with Crippen LogP contribution in [0.4, 0.5) is 13.2 Å². The Morgan fingerprint density at radius 1 is 1.21 bits per heavy atom. The maximum atomic E-state index is 11.6. The van der Waals surface area contributed by atoms with Crippen LogP contribution in [0, 0.1) is 0 Å². The summed E-state index contributed by atoms with van der Waals surface area (Å²) in [6.45, 7) is 1.88. The molecule has 0 heterocycles. The molecule has 0 aromatic rings. The van der Waals surface area contributed by atoms with Gasteiger partial charge in [0.15, 0.2) is 0 Å². The van der Waals surface area contributed by atoms with Crippen LogP contribution in [0.1, 0.15) is 32.6 Å². The van der Waals surface area contributed by atoms with Crippen molar-refractivity contribution in [3.05, 3.63) is 0 Å². The minimum atomic E-state index is -5.10. The van der Waals surface area contributed by atoms with Crippen molar-refractivity contribution in [2.75, 3.05) is 0 Å². The number of rotatable bonds is 4. The molecule has 0 unspecified atom stereocenters. The lowest BCUT2D eigenvalue weighted by Crippen LogP contribution is -2.27. The molecule has 0 aliphatic carbocycles. The zero-order valence-electron chi connectivity index (χ0n) is 7.69. The van der Waals surface area contributed by atoms with Crippen molar-refractivity contribution in [1.82, 2.24) is 0 Å². The van der Waals surface area contributed by atoms with E-state index in [1.54, 1.807) is 0 Å². The van der Waals surface area contributed by atoms with Crippen LogP contribution in [0.25, 0.3) is 0 Å². The van der Waals surface area contributed by atoms with E-state index in [1.807, 2.05) is 6.92 Å². The van der Waals surface area contributed by atoms with Gasteiger partial charge in [0.05, 0.1) is 0 Å². The van der Waals surface area contributed by atoms with Gasteiger partial charge in [0.2, 0.25) is 0 Å². The molecule has 0 aromatic carbocycles. The maximum absolute atomic E-state index is 11.6. The third-order valence-electron chi connectivity index (χ3n) is 1.42. The Hall–Kier alpha value is -1.07. The largest absolute Gasteiger partial charge is 0.491 e. The monoisotopic (exact) mass is 212 g/mol. The molecule has 0 rings (SSSR count). The zero-order chi connectivity index (χ0) is 11.2. The number of hydrogen-bond donors (Lipinski definition) is 0. The molecule has 3 nitrogen and oxygen atoms in total. The lowest BCUT2D eigenvalue weighted by molar-refractivity contribution is -0.201. The van der Waals surface area contributed by atoms with Crippen LogP contribution >= 0.6 is 0 Å². The van der Waals surface area contributed by atoms with E-state index in [-0.39, 0.29) is 6.42 Å². The van der Waals surface area contributed by atoms with Crippen LogP contribution in [0.3, 0.4) is 0 Å². The number of alkyl halides is 3. The second-order valence-corrected chi connectivity index (χ2v) is 2.72. The van der Waals surface area contributed by atoms with Gasteiger partial charge in [-0.15, -0.1) is 0 Å². The minimum Gasteiger partial charge on any atom is -0.386 e. The van der Waals surface area contributed by atoms with E-state index >= 15 is 0 Å². The molecule has 0 bridgehead atoms. The molecule has 82 valence electrons. The van der Waals surface area contributed by atoms with Crippen LogP contribution in [-0.4, -0.2) is 18.1 Å². The lowest BCUT2D eigenvalue weighted by atomic mass is 10.2. The van der Waals surface area contributed by atoms with Gasteiger partial charge in [0.25, 0.3) is 0 Å². The summed E-state index contributed by atoms with van der Waals surface area (Å²) in [4.78, 5) is 20.8. The van der Waals surface area contributed by atoms with Crippen molar-refractivity contribution < 1.29 is 27.5 Å². The predicted molar refractivity (Wildman–Crippen MR) is 41.3 cm³/mol. The van der Waals surface area contributed by atoms with Gasteiger partial charge in [-0.05, 0) is 6.42 Å². The van der Waals surface area contributed by atoms with Crippen molar-refractivity contribution in [3.63, 3.8) is 0 Å². The molecule has 14 heavy (non-hydrogen) atoms. The van der Waals surface area contributed by atoms with Gasteiger partial charge in [-0.2, -0.15) is 13.2 Å². The van der Waals surface area contributed by atoms with E-state index in [0.717, 1.165) is 12.8 Å². The molecule has 0 aromatic heterocycles. The van der Waals surface area contributed by atoms with Gasteiger partial charge in [-0.25, -0.2) is 4.79 Å². The molecule has 0 aliphatic rings. The quantitative estimate of drug-likeness (QED) is 0.407. The van der Waals surface area contributed by atoms with Gasteiger partial charge in [-0.3, -0.25) is 4.79 Å². The molecule has 0 fully saturated rings. The Kier molecular flexibility index (Phi) is 5.19. The van der Waals surface area contributed by atoms with Crippen molar-refractivity contribution in [2.24, 2.45) is 0 Å². The zero-order valence-corrected chi connectivity index (χ0v) is 7.69. The normalized spacial score (nSPS) is 11.1. The number of esters is 2. The van der Waals surface area contributed by atoms with E-state index in [1.165, 1.54) is 0 Å². The highest BCUT2D eigenvalue weighted by molar-refractivity contribution is 5.88. The maximum Gasteiger partial charge on any atom is 0.491 e. The fraction of sp³-hybridized carbons (Fsp3) is 0.750. The lowest BCUT2D eigenvalue weighted by Gasteiger charge is -2.04.